The molecule has 0 aliphatic carbocycles. The van der Waals surface area contributed by atoms with Gasteiger partial charge in [-0.25, -0.2) is 12.8 Å². The molecule has 8 heteroatoms. The second kappa shape index (κ2) is 5.95. The van der Waals surface area contributed by atoms with Crippen LogP contribution in [0.2, 0.25) is 0 Å². The van der Waals surface area contributed by atoms with Crippen LogP contribution < -0.4 is 34.3 Å². The van der Waals surface area contributed by atoms with E-state index in [1.54, 1.807) is 0 Å². The van der Waals surface area contributed by atoms with Gasteiger partial charge in [0, 0.05) is 0 Å². The average molecular weight is 258 g/mol. The summed E-state index contributed by atoms with van der Waals surface area (Å²) in [6.45, 7) is 0. The Balaban J connectivity index is 0.00000225. The topological polar surface area (TPSA) is 86.7 Å². The van der Waals surface area contributed by atoms with Crippen molar-refractivity contribution in [3.05, 3.63) is 29.6 Å². The molecule has 0 aliphatic heterocycles. The standard InChI is InChI=1S/C8H9FO5S.Na/c1-14-7-3-2-5(4-6(7)9)8(10)15(11,12)13;/h2-4,8,10H,1H3,(H,11,12,13);/q;+1/p-1. The molecule has 0 saturated carbocycles. The first kappa shape index (κ1) is 15.8. The number of benzene rings is 1. The van der Waals surface area contributed by atoms with Gasteiger partial charge >= 0.3 is 29.6 Å². The smallest absolute Gasteiger partial charge is 0.746 e. The largest absolute Gasteiger partial charge is 1.00 e. The number of ether oxygens (including phenoxy) is 1. The van der Waals surface area contributed by atoms with Gasteiger partial charge in [0.25, 0.3) is 0 Å². The van der Waals surface area contributed by atoms with Crippen molar-refractivity contribution in [3.63, 3.8) is 0 Å². The van der Waals surface area contributed by atoms with E-state index in [1.807, 2.05) is 0 Å². The van der Waals surface area contributed by atoms with E-state index >= 15 is 0 Å². The summed E-state index contributed by atoms with van der Waals surface area (Å²) in [5.41, 5.74) is -2.60. The van der Waals surface area contributed by atoms with Crippen molar-refractivity contribution in [2.24, 2.45) is 0 Å². The molecule has 0 fully saturated rings. The SMILES string of the molecule is COc1ccc(C(O)S(=O)(=O)[O-])cc1F.[Na+]. The molecule has 0 heterocycles. The van der Waals surface area contributed by atoms with Crippen LogP contribution in [0.3, 0.4) is 0 Å². The molecule has 1 N–H and O–H groups in total. The van der Waals surface area contributed by atoms with Crippen molar-refractivity contribution in [3.8, 4) is 5.75 Å². The van der Waals surface area contributed by atoms with E-state index in [1.165, 1.54) is 7.11 Å². The van der Waals surface area contributed by atoms with Gasteiger partial charge in [0.05, 0.1) is 7.11 Å². The second-order valence-corrected chi connectivity index (χ2v) is 4.17. The molecule has 0 spiro atoms. The van der Waals surface area contributed by atoms with Crippen molar-refractivity contribution in [2.75, 3.05) is 7.11 Å². The third-order valence-electron chi connectivity index (χ3n) is 1.73. The Labute approximate surface area is 114 Å². The molecule has 1 atom stereocenters. The molecule has 16 heavy (non-hydrogen) atoms. The van der Waals surface area contributed by atoms with Crippen LogP contribution in [-0.4, -0.2) is 25.2 Å². The predicted octanol–water partition coefficient (Wildman–Crippen LogP) is -2.63. The van der Waals surface area contributed by atoms with E-state index < -0.39 is 21.4 Å². The van der Waals surface area contributed by atoms with Gasteiger partial charge in [-0.1, -0.05) is 6.07 Å². The summed E-state index contributed by atoms with van der Waals surface area (Å²) in [6.07, 6.45) is 0. The van der Waals surface area contributed by atoms with E-state index in [4.69, 9.17) is 5.11 Å². The zero-order chi connectivity index (χ0) is 11.6. The maximum Gasteiger partial charge on any atom is 1.00 e. The zero-order valence-corrected chi connectivity index (χ0v) is 11.5. The Bertz CT molecular complexity index is 461. The molecule has 0 aliphatic rings. The van der Waals surface area contributed by atoms with E-state index in [0.29, 0.717) is 0 Å². The zero-order valence-electron chi connectivity index (χ0n) is 8.68. The molecule has 0 radical (unpaired) electrons. The summed E-state index contributed by atoms with van der Waals surface area (Å²) in [5.74, 6) is -0.952. The quantitative estimate of drug-likeness (QED) is 0.473. The molecule has 1 aromatic rings. The van der Waals surface area contributed by atoms with Gasteiger partial charge in [0.1, 0.15) is 10.1 Å². The number of aliphatic hydroxyl groups excluding tert-OH is 1. The molecule has 0 aromatic heterocycles. The van der Waals surface area contributed by atoms with Crippen LogP contribution >= 0.6 is 0 Å². The Morgan fingerprint density at radius 1 is 1.50 bits per heavy atom. The van der Waals surface area contributed by atoms with Gasteiger partial charge in [-0.05, 0) is 17.7 Å². The van der Waals surface area contributed by atoms with Crippen molar-refractivity contribution in [2.45, 2.75) is 5.44 Å². The monoisotopic (exact) mass is 258 g/mol. The first-order valence-corrected chi connectivity index (χ1v) is 5.29. The summed E-state index contributed by atoms with van der Waals surface area (Å²) >= 11 is 0. The predicted molar refractivity (Wildman–Crippen MR) is 47.6 cm³/mol. The van der Waals surface area contributed by atoms with Crippen LogP contribution in [0.1, 0.15) is 11.0 Å². The third-order valence-corrected chi connectivity index (χ3v) is 2.55. The molecule has 84 valence electrons. The van der Waals surface area contributed by atoms with E-state index in [9.17, 15) is 17.4 Å². The van der Waals surface area contributed by atoms with Crippen molar-refractivity contribution >= 4 is 10.1 Å². The molecule has 1 unspecified atom stereocenters. The van der Waals surface area contributed by atoms with E-state index in [-0.39, 0.29) is 40.9 Å². The van der Waals surface area contributed by atoms with Crippen LogP contribution in [-0.2, 0) is 10.1 Å². The van der Waals surface area contributed by atoms with Gasteiger partial charge in [-0.15, -0.1) is 0 Å². The first-order valence-electron chi connectivity index (χ1n) is 3.82. The molecule has 0 saturated heterocycles. The van der Waals surface area contributed by atoms with Gasteiger partial charge in [0.2, 0.25) is 0 Å². The normalized spacial score (nSPS) is 12.8. The molecule has 0 bridgehead atoms. The van der Waals surface area contributed by atoms with Crippen molar-refractivity contribution in [1.29, 1.82) is 0 Å². The third kappa shape index (κ3) is 3.69. The number of aliphatic hydroxyl groups is 1. The van der Waals surface area contributed by atoms with Crippen LogP contribution in [0.25, 0.3) is 0 Å². The van der Waals surface area contributed by atoms with Gasteiger partial charge in [-0.2, -0.15) is 0 Å². The van der Waals surface area contributed by atoms with Crippen LogP contribution in [0.4, 0.5) is 4.39 Å². The van der Waals surface area contributed by atoms with Crippen LogP contribution in [0.15, 0.2) is 18.2 Å². The molecule has 1 rings (SSSR count). The number of methoxy groups -OCH3 is 1. The fraction of sp³-hybridized carbons (Fsp3) is 0.250. The van der Waals surface area contributed by atoms with Gasteiger partial charge < -0.3 is 14.4 Å². The molecule has 0 amide bonds. The van der Waals surface area contributed by atoms with Crippen LogP contribution in [0.5, 0.6) is 5.75 Å². The van der Waals surface area contributed by atoms with Crippen molar-refractivity contribution in [1.82, 2.24) is 0 Å². The Morgan fingerprint density at radius 2 is 2.06 bits per heavy atom. The maximum atomic E-state index is 13.1. The van der Waals surface area contributed by atoms with Gasteiger partial charge in [-0.3, -0.25) is 0 Å². The minimum absolute atomic E-state index is 0. The molecule has 5 nitrogen and oxygen atoms in total. The summed E-state index contributed by atoms with van der Waals surface area (Å²) in [6, 6.07) is 2.96. The summed E-state index contributed by atoms with van der Waals surface area (Å²) in [4.78, 5) is 0. The second-order valence-electron chi connectivity index (χ2n) is 2.74. The summed E-state index contributed by atoms with van der Waals surface area (Å²) in [5, 5.41) is 9.04. The Hall–Kier alpha value is -0.180. The number of hydrogen-bond donors (Lipinski definition) is 1. The van der Waals surface area contributed by atoms with E-state index in [2.05, 4.69) is 4.74 Å². The van der Waals surface area contributed by atoms with Crippen molar-refractivity contribution < 1.29 is 56.8 Å². The van der Waals surface area contributed by atoms with E-state index in [0.717, 1.165) is 18.2 Å². The fourth-order valence-electron chi connectivity index (χ4n) is 1.00. The fourth-order valence-corrected chi connectivity index (χ4v) is 1.48. The molecule has 1 aromatic carbocycles. The number of rotatable bonds is 3. The maximum absolute atomic E-state index is 13.1. The average Bonchev–Trinajstić information content (AvgIpc) is 2.15. The molecular weight excluding hydrogens is 250 g/mol. The minimum Gasteiger partial charge on any atom is -0.746 e. The Morgan fingerprint density at radius 3 is 2.44 bits per heavy atom. The molecular formula is C8H8FNaO5S. The summed E-state index contributed by atoms with van der Waals surface area (Å²) < 4.78 is 49.0. The van der Waals surface area contributed by atoms with Gasteiger partial charge in [0.15, 0.2) is 17.0 Å². The first-order chi connectivity index (χ1) is 6.86. The summed E-state index contributed by atoms with van der Waals surface area (Å²) in [7, 11) is -3.66. The number of halogens is 1. The number of hydrogen-bond acceptors (Lipinski definition) is 5. The van der Waals surface area contributed by atoms with Crippen LogP contribution in [0, 0.1) is 5.82 Å². The Kier molecular flexibility index (Phi) is 5.88. The minimum atomic E-state index is -4.89.